The van der Waals surface area contributed by atoms with Crippen molar-refractivity contribution in [2.24, 2.45) is 0 Å². The molecule has 0 bridgehead atoms. The minimum Gasteiger partial charge on any atom is -0.368 e. The highest BCUT2D eigenvalue weighted by atomic mass is 35.5. The summed E-state index contributed by atoms with van der Waals surface area (Å²) in [6, 6.07) is 8.41. The fraction of sp³-hybridized carbons (Fsp3) is 0.417. The highest BCUT2D eigenvalue weighted by Gasteiger charge is 2.19. The minimum atomic E-state index is -0.344. The zero-order valence-corrected chi connectivity index (χ0v) is 10.1. The maximum absolute atomic E-state index is 11.0. The van der Waals surface area contributed by atoms with Gasteiger partial charge in [0.05, 0.1) is 0 Å². The molecule has 2 rings (SSSR count). The molecule has 0 aromatic heterocycles. The van der Waals surface area contributed by atoms with Crippen LogP contribution in [-0.4, -0.2) is 36.4 Å². The lowest BCUT2D eigenvalue weighted by atomic mass is 10.2. The van der Waals surface area contributed by atoms with Gasteiger partial charge in [-0.15, -0.1) is 0 Å². The quantitative estimate of drug-likeness (QED) is 0.554. The highest BCUT2D eigenvalue weighted by molar-refractivity contribution is 6.62. The van der Waals surface area contributed by atoms with Crippen molar-refractivity contribution in [3.63, 3.8) is 0 Å². The number of nitrogens with zero attached hydrogens (tertiary/aromatic N) is 2. The Morgan fingerprint density at radius 2 is 1.94 bits per heavy atom. The summed E-state index contributed by atoms with van der Waals surface area (Å²) in [4.78, 5) is 14.9. The SMILES string of the molecule is Cc1cccc(N2CCN(C(=O)Cl)CC2)c1. The van der Waals surface area contributed by atoms with Crippen LogP contribution in [0.5, 0.6) is 0 Å². The summed E-state index contributed by atoms with van der Waals surface area (Å²) in [6.07, 6.45) is 0. The van der Waals surface area contributed by atoms with Gasteiger partial charge in [-0.05, 0) is 36.2 Å². The summed E-state index contributed by atoms with van der Waals surface area (Å²) < 4.78 is 0. The van der Waals surface area contributed by atoms with Crippen LogP contribution in [0.3, 0.4) is 0 Å². The van der Waals surface area contributed by atoms with E-state index in [1.54, 1.807) is 4.90 Å². The fourth-order valence-corrected chi connectivity index (χ4v) is 2.13. The molecule has 1 saturated heterocycles. The normalized spacial score (nSPS) is 16.4. The zero-order chi connectivity index (χ0) is 11.5. The number of amides is 1. The van der Waals surface area contributed by atoms with Crippen LogP contribution in [0.2, 0.25) is 0 Å². The average Bonchev–Trinajstić information content (AvgIpc) is 2.29. The van der Waals surface area contributed by atoms with Crippen molar-refractivity contribution < 1.29 is 4.79 Å². The molecule has 1 aliphatic rings. The van der Waals surface area contributed by atoms with Crippen LogP contribution in [0, 0.1) is 6.92 Å². The number of halogens is 1. The van der Waals surface area contributed by atoms with E-state index in [0.717, 1.165) is 13.1 Å². The van der Waals surface area contributed by atoms with Crippen LogP contribution in [0.15, 0.2) is 24.3 Å². The van der Waals surface area contributed by atoms with E-state index >= 15 is 0 Å². The summed E-state index contributed by atoms with van der Waals surface area (Å²) in [6.45, 7) is 5.19. The van der Waals surface area contributed by atoms with E-state index in [4.69, 9.17) is 11.6 Å². The molecule has 0 spiro atoms. The standard InChI is InChI=1S/C12H15ClN2O/c1-10-3-2-4-11(9-10)14-5-7-15(8-6-14)12(13)16/h2-4,9H,5-8H2,1H3. The third-order valence-corrected chi connectivity index (χ3v) is 3.13. The zero-order valence-electron chi connectivity index (χ0n) is 9.32. The predicted octanol–water partition coefficient (Wildman–Crippen LogP) is 2.48. The topological polar surface area (TPSA) is 23.6 Å². The van der Waals surface area contributed by atoms with Gasteiger partial charge in [-0.1, -0.05) is 12.1 Å². The molecule has 0 aliphatic carbocycles. The van der Waals surface area contributed by atoms with Crippen molar-refractivity contribution in [1.82, 2.24) is 4.90 Å². The van der Waals surface area contributed by atoms with E-state index in [0.29, 0.717) is 13.1 Å². The summed E-state index contributed by atoms with van der Waals surface area (Å²) in [5.41, 5.74) is 2.48. The van der Waals surface area contributed by atoms with E-state index in [1.165, 1.54) is 11.3 Å². The molecule has 0 atom stereocenters. The molecule has 3 nitrogen and oxygen atoms in total. The number of benzene rings is 1. The lowest BCUT2D eigenvalue weighted by Gasteiger charge is -2.35. The van der Waals surface area contributed by atoms with E-state index in [9.17, 15) is 4.79 Å². The van der Waals surface area contributed by atoms with Gasteiger partial charge in [0.2, 0.25) is 0 Å². The molecular weight excluding hydrogens is 224 g/mol. The molecule has 1 amide bonds. The minimum absolute atomic E-state index is 0.344. The third kappa shape index (κ3) is 2.47. The summed E-state index contributed by atoms with van der Waals surface area (Å²) in [5, 5.41) is -0.344. The highest BCUT2D eigenvalue weighted by Crippen LogP contribution is 2.18. The molecule has 4 heteroatoms. The van der Waals surface area contributed by atoms with Crippen LogP contribution < -0.4 is 4.90 Å². The van der Waals surface area contributed by atoms with Gasteiger partial charge in [-0.2, -0.15) is 0 Å². The van der Waals surface area contributed by atoms with Crippen LogP contribution in [-0.2, 0) is 0 Å². The number of aryl methyl sites for hydroxylation is 1. The van der Waals surface area contributed by atoms with Gasteiger partial charge >= 0.3 is 5.37 Å². The Bertz CT molecular complexity index is 386. The van der Waals surface area contributed by atoms with Crippen molar-refractivity contribution in [2.45, 2.75) is 6.92 Å². The Hall–Kier alpha value is -1.22. The monoisotopic (exact) mass is 238 g/mol. The van der Waals surface area contributed by atoms with Crippen molar-refractivity contribution in [3.05, 3.63) is 29.8 Å². The predicted molar refractivity (Wildman–Crippen MR) is 66.2 cm³/mol. The van der Waals surface area contributed by atoms with Crippen molar-refractivity contribution >= 4 is 22.7 Å². The molecule has 1 heterocycles. The van der Waals surface area contributed by atoms with Crippen molar-refractivity contribution in [3.8, 4) is 0 Å². The molecule has 86 valence electrons. The average molecular weight is 239 g/mol. The Morgan fingerprint density at radius 3 is 2.50 bits per heavy atom. The van der Waals surface area contributed by atoms with E-state index in [2.05, 4.69) is 36.1 Å². The Labute approximate surface area is 101 Å². The van der Waals surface area contributed by atoms with Gasteiger partial charge in [0, 0.05) is 31.9 Å². The Balaban J connectivity index is 2.01. The van der Waals surface area contributed by atoms with Gasteiger partial charge in [0.15, 0.2) is 0 Å². The first-order valence-electron chi connectivity index (χ1n) is 5.43. The van der Waals surface area contributed by atoms with Crippen molar-refractivity contribution in [2.75, 3.05) is 31.1 Å². The summed E-state index contributed by atoms with van der Waals surface area (Å²) >= 11 is 5.44. The largest absolute Gasteiger partial charge is 0.368 e. The van der Waals surface area contributed by atoms with Crippen LogP contribution >= 0.6 is 11.6 Å². The molecule has 1 fully saturated rings. The molecule has 1 aliphatic heterocycles. The molecule has 0 N–H and O–H groups in total. The van der Waals surface area contributed by atoms with Crippen LogP contribution in [0.1, 0.15) is 5.56 Å². The second kappa shape index (κ2) is 4.74. The summed E-state index contributed by atoms with van der Waals surface area (Å²) in [5.74, 6) is 0. The Kier molecular flexibility index (Phi) is 3.34. The van der Waals surface area contributed by atoms with E-state index in [1.807, 2.05) is 0 Å². The maximum atomic E-state index is 11.0. The van der Waals surface area contributed by atoms with Gasteiger partial charge in [-0.25, -0.2) is 0 Å². The second-order valence-electron chi connectivity index (χ2n) is 4.07. The number of hydrogen-bond acceptors (Lipinski definition) is 2. The second-order valence-corrected chi connectivity index (χ2v) is 4.39. The number of carbonyl (C=O) groups is 1. The molecular formula is C12H15ClN2O. The summed E-state index contributed by atoms with van der Waals surface area (Å²) in [7, 11) is 0. The lowest BCUT2D eigenvalue weighted by molar-refractivity contribution is 0.218. The first-order valence-corrected chi connectivity index (χ1v) is 5.80. The van der Waals surface area contributed by atoms with Crippen LogP contribution in [0.4, 0.5) is 10.5 Å². The van der Waals surface area contributed by atoms with E-state index in [-0.39, 0.29) is 5.37 Å². The first kappa shape index (κ1) is 11.3. The number of anilines is 1. The molecule has 1 aromatic carbocycles. The third-order valence-electron chi connectivity index (χ3n) is 2.90. The van der Waals surface area contributed by atoms with Gasteiger partial charge in [0.25, 0.3) is 0 Å². The lowest BCUT2D eigenvalue weighted by Crippen LogP contribution is -2.47. The molecule has 1 aromatic rings. The van der Waals surface area contributed by atoms with Gasteiger partial charge < -0.3 is 9.80 Å². The molecule has 0 saturated carbocycles. The Morgan fingerprint density at radius 1 is 1.25 bits per heavy atom. The number of rotatable bonds is 1. The first-order chi connectivity index (χ1) is 7.66. The maximum Gasteiger partial charge on any atom is 0.316 e. The molecule has 0 radical (unpaired) electrons. The molecule has 16 heavy (non-hydrogen) atoms. The van der Waals surface area contributed by atoms with Gasteiger partial charge in [0.1, 0.15) is 0 Å². The molecule has 0 unspecified atom stereocenters. The number of piperazine rings is 1. The van der Waals surface area contributed by atoms with Gasteiger partial charge in [-0.3, -0.25) is 4.79 Å². The number of hydrogen-bond donors (Lipinski definition) is 0. The fourth-order valence-electron chi connectivity index (χ4n) is 1.97. The van der Waals surface area contributed by atoms with E-state index < -0.39 is 0 Å². The number of carbonyl (C=O) groups excluding carboxylic acids is 1. The smallest absolute Gasteiger partial charge is 0.316 e. The van der Waals surface area contributed by atoms with Crippen molar-refractivity contribution in [1.29, 1.82) is 0 Å². The van der Waals surface area contributed by atoms with Crippen LogP contribution in [0.25, 0.3) is 0 Å².